The van der Waals surface area contributed by atoms with Gasteiger partial charge in [-0.1, -0.05) is 0 Å². The summed E-state index contributed by atoms with van der Waals surface area (Å²) < 4.78 is 27.1. The van der Waals surface area contributed by atoms with Gasteiger partial charge < -0.3 is 34.5 Å². The summed E-state index contributed by atoms with van der Waals surface area (Å²) >= 11 is 0. The first-order valence-electron chi connectivity index (χ1n) is 8.72. The van der Waals surface area contributed by atoms with Gasteiger partial charge in [-0.3, -0.25) is 0 Å². The fourth-order valence-corrected chi connectivity index (χ4v) is 2.59. The van der Waals surface area contributed by atoms with E-state index in [0.717, 1.165) is 6.42 Å². The minimum atomic E-state index is -0.629. The second kappa shape index (κ2) is 11.0. The molecule has 1 aliphatic rings. The van der Waals surface area contributed by atoms with Crippen molar-refractivity contribution in [3.05, 3.63) is 23.8 Å². The highest BCUT2D eigenvalue weighted by molar-refractivity contribution is 5.74. The van der Waals surface area contributed by atoms with Gasteiger partial charge in [0.25, 0.3) is 0 Å². The first-order valence-corrected chi connectivity index (χ1v) is 8.72. The summed E-state index contributed by atoms with van der Waals surface area (Å²) in [6, 6.07) is 5.17. The molecule has 0 spiro atoms. The number of ether oxygens (including phenoxy) is 5. The molecule has 1 fully saturated rings. The minimum absolute atomic E-state index is 0.178. The molecule has 26 heavy (non-hydrogen) atoms. The van der Waals surface area contributed by atoms with Gasteiger partial charge in [-0.15, -0.1) is 0 Å². The van der Waals surface area contributed by atoms with Crippen molar-refractivity contribution < 1.29 is 33.6 Å². The van der Waals surface area contributed by atoms with Crippen molar-refractivity contribution in [1.82, 2.24) is 0 Å². The monoisotopic (exact) mass is 369 g/mol. The Bertz CT molecular complexity index is 566. The van der Waals surface area contributed by atoms with Crippen LogP contribution in [-0.2, 0) is 25.6 Å². The lowest BCUT2D eigenvalue weighted by molar-refractivity contribution is -0.183. The van der Waals surface area contributed by atoms with Crippen LogP contribution in [0.15, 0.2) is 18.2 Å². The molecule has 3 N–H and O–H groups in total. The lowest BCUT2D eigenvalue weighted by atomic mass is 10.1. The fraction of sp³-hybridized carbons (Fsp3) is 0.611. The first kappa shape index (κ1) is 20.4. The van der Waals surface area contributed by atoms with Crippen LogP contribution in [-0.4, -0.2) is 56.9 Å². The van der Waals surface area contributed by atoms with Crippen LogP contribution in [0.4, 0.5) is 0 Å². The first-order chi connectivity index (χ1) is 12.7. The number of aliphatic hydroxyl groups excluding tert-OH is 1. The van der Waals surface area contributed by atoms with Crippen LogP contribution in [0.5, 0.6) is 11.5 Å². The van der Waals surface area contributed by atoms with Crippen molar-refractivity contribution in [3.63, 3.8) is 0 Å². The summed E-state index contributed by atoms with van der Waals surface area (Å²) in [5.74, 6) is 0.646. The smallest absolute Gasteiger partial charge is 0.335 e. The van der Waals surface area contributed by atoms with E-state index in [2.05, 4.69) is 0 Å². The lowest BCUT2D eigenvalue weighted by Gasteiger charge is -2.29. The zero-order valence-electron chi connectivity index (χ0n) is 15.0. The Morgan fingerprint density at radius 1 is 1.31 bits per heavy atom. The van der Waals surface area contributed by atoms with Crippen molar-refractivity contribution in [1.29, 1.82) is 0 Å². The molecule has 0 aromatic heterocycles. The van der Waals surface area contributed by atoms with E-state index < -0.39 is 18.4 Å². The molecule has 2 rings (SSSR count). The van der Waals surface area contributed by atoms with E-state index in [9.17, 15) is 9.90 Å². The minimum Gasteiger partial charge on any atom is -0.491 e. The molecule has 8 nitrogen and oxygen atoms in total. The summed E-state index contributed by atoms with van der Waals surface area (Å²) in [6.45, 7) is 1.59. The van der Waals surface area contributed by atoms with Crippen LogP contribution in [0.3, 0.4) is 0 Å². The number of methoxy groups -OCH3 is 1. The topological polar surface area (TPSA) is 109 Å². The molecule has 2 atom stereocenters. The van der Waals surface area contributed by atoms with Crippen LogP contribution in [0.1, 0.15) is 24.8 Å². The molecule has 1 aromatic carbocycles. The van der Waals surface area contributed by atoms with Gasteiger partial charge in [-0.25, -0.2) is 4.79 Å². The van der Waals surface area contributed by atoms with E-state index >= 15 is 0 Å². The van der Waals surface area contributed by atoms with Gasteiger partial charge in [0.15, 0.2) is 6.10 Å². The standard InChI is InChI=1S/C18H27NO7/c1-22-18(21)15-3-2-4-17(25-15)26-16-11-14(6-5-13(16)12-20)24-10-9-23-8-7-19/h5-6,11,15,17,20H,2-4,7-10,12,19H2,1H3/t15-,17-/m0/s1. The molecular formula is C18H27NO7. The number of esters is 1. The number of rotatable bonds is 10. The summed E-state index contributed by atoms with van der Waals surface area (Å²) in [7, 11) is 1.33. The van der Waals surface area contributed by atoms with Crippen molar-refractivity contribution >= 4 is 5.97 Å². The van der Waals surface area contributed by atoms with Gasteiger partial charge in [0, 0.05) is 24.6 Å². The largest absolute Gasteiger partial charge is 0.491 e. The van der Waals surface area contributed by atoms with Crippen molar-refractivity contribution in [3.8, 4) is 11.5 Å². The maximum atomic E-state index is 11.7. The number of hydrogen-bond donors (Lipinski definition) is 2. The highest BCUT2D eigenvalue weighted by atomic mass is 16.7. The third-order valence-electron chi connectivity index (χ3n) is 3.91. The summed E-state index contributed by atoms with van der Waals surface area (Å²) in [4.78, 5) is 11.7. The van der Waals surface area contributed by atoms with E-state index in [0.29, 0.717) is 56.3 Å². The molecular weight excluding hydrogens is 342 g/mol. The van der Waals surface area contributed by atoms with Gasteiger partial charge in [0.2, 0.25) is 6.29 Å². The molecule has 8 heteroatoms. The van der Waals surface area contributed by atoms with E-state index in [1.54, 1.807) is 18.2 Å². The normalized spacial score (nSPS) is 19.8. The summed E-state index contributed by atoms with van der Waals surface area (Å²) in [5.41, 5.74) is 5.96. The molecule has 1 heterocycles. The molecule has 1 saturated heterocycles. The molecule has 0 unspecified atom stereocenters. The Labute approximate surface area is 153 Å². The predicted molar refractivity (Wildman–Crippen MR) is 92.9 cm³/mol. The zero-order valence-corrected chi connectivity index (χ0v) is 15.0. The Morgan fingerprint density at radius 2 is 2.15 bits per heavy atom. The number of carbonyl (C=O) groups is 1. The zero-order chi connectivity index (χ0) is 18.8. The average molecular weight is 369 g/mol. The van der Waals surface area contributed by atoms with Crippen molar-refractivity contribution in [2.45, 2.75) is 38.3 Å². The lowest BCUT2D eigenvalue weighted by Crippen LogP contribution is -2.37. The maximum absolute atomic E-state index is 11.7. The van der Waals surface area contributed by atoms with Gasteiger partial charge >= 0.3 is 5.97 Å². The second-order valence-electron chi connectivity index (χ2n) is 5.80. The number of hydrogen-bond acceptors (Lipinski definition) is 8. The summed E-state index contributed by atoms with van der Waals surface area (Å²) in [5, 5.41) is 9.52. The Kier molecular flexibility index (Phi) is 8.63. The Morgan fingerprint density at radius 3 is 2.88 bits per heavy atom. The molecule has 0 bridgehead atoms. The van der Waals surface area contributed by atoms with Gasteiger partial charge in [-0.2, -0.15) is 0 Å². The van der Waals surface area contributed by atoms with E-state index in [4.69, 9.17) is 29.4 Å². The van der Waals surface area contributed by atoms with Crippen LogP contribution < -0.4 is 15.2 Å². The van der Waals surface area contributed by atoms with Gasteiger partial charge in [0.05, 0.1) is 26.9 Å². The SMILES string of the molecule is COC(=O)[C@@H]1CCC[C@H](Oc2cc(OCCOCCN)ccc2CO)O1. The predicted octanol–water partition coefficient (Wildman–Crippen LogP) is 0.980. The third-order valence-corrected chi connectivity index (χ3v) is 3.91. The summed E-state index contributed by atoms with van der Waals surface area (Å²) in [6.07, 6.45) is 0.826. The molecule has 1 aromatic rings. The van der Waals surface area contributed by atoms with Crippen LogP contribution in [0.2, 0.25) is 0 Å². The number of aliphatic hydroxyl groups is 1. The maximum Gasteiger partial charge on any atom is 0.335 e. The molecule has 0 saturated carbocycles. The quantitative estimate of drug-likeness (QED) is 0.464. The third kappa shape index (κ3) is 6.14. The highest BCUT2D eigenvalue weighted by Gasteiger charge is 2.30. The Balaban J connectivity index is 1.95. The Hall–Kier alpha value is -1.87. The molecule has 1 aliphatic heterocycles. The highest BCUT2D eigenvalue weighted by Crippen LogP contribution is 2.29. The number of carbonyl (C=O) groups excluding carboxylic acids is 1. The molecule has 146 valence electrons. The molecule has 0 amide bonds. The second-order valence-corrected chi connectivity index (χ2v) is 5.80. The molecule has 0 aliphatic carbocycles. The van der Waals surface area contributed by atoms with E-state index in [1.807, 2.05) is 0 Å². The number of benzene rings is 1. The van der Waals surface area contributed by atoms with Crippen molar-refractivity contribution in [2.24, 2.45) is 5.73 Å². The van der Waals surface area contributed by atoms with E-state index in [-0.39, 0.29) is 6.61 Å². The van der Waals surface area contributed by atoms with Crippen LogP contribution >= 0.6 is 0 Å². The molecule has 0 radical (unpaired) electrons. The van der Waals surface area contributed by atoms with E-state index in [1.165, 1.54) is 7.11 Å². The van der Waals surface area contributed by atoms with Gasteiger partial charge in [0.1, 0.15) is 18.1 Å². The van der Waals surface area contributed by atoms with Crippen molar-refractivity contribution in [2.75, 3.05) is 33.5 Å². The average Bonchev–Trinajstić information content (AvgIpc) is 2.67. The van der Waals surface area contributed by atoms with Gasteiger partial charge in [-0.05, 0) is 25.0 Å². The van der Waals surface area contributed by atoms with Crippen LogP contribution in [0, 0.1) is 0 Å². The van der Waals surface area contributed by atoms with Crippen LogP contribution in [0.25, 0.3) is 0 Å². The number of nitrogens with two attached hydrogens (primary N) is 1. The fourth-order valence-electron chi connectivity index (χ4n) is 2.59.